The van der Waals surface area contributed by atoms with Crippen LogP contribution >= 0.6 is 23.2 Å². The van der Waals surface area contributed by atoms with Gasteiger partial charge in [-0.2, -0.15) is 0 Å². The number of benzene rings is 1. The first-order valence-corrected chi connectivity index (χ1v) is 8.49. The molecule has 1 aliphatic rings. The Morgan fingerprint density at radius 3 is 2.38 bits per heavy atom. The highest BCUT2D eigenvalue weighted by molar-refractivity contribution is 6.42. The van der Waals surface area contributed by atoms with Crippen molar-refractivity contribution in [2.45, 2.75) is 58.2 Å². The normalized spacial score (nSPS) is 19.7. The fraction of sp³-hybridized carbons (Fsp3) is 0.647. The van der Waals surface area contributed by atoms with Gasteiger partial charge in [0.15, 0.2) is 0 Å². The maximum atomic E-state index is 6.31. The van der Waals surface area contributed by atoms with Crippen molar-refractivity contribution in [1.82, 2.24) is 10.2 Å². The van der Waals surface area contributed by atoms with Crippen molar-refractivity contribution in [2.24, 2.45) is 0 Å². The summed E-state index contributed by atoms with van der Waals surface area (Å²) >= 11 is 12.4. The van der Waals surface area contributed by atoms with E-state index in [4.69, 9.17) is 23.2 Å². The molecule has 0 saturated carbocycles. The third-order valence-corrected chi connectivity index (χ3v) is 5.21. The molecule has 0 radical (unpaired) electrons. The van der Waals surface area contributed by atoms with E-state index in [1.807, 2.05) is 12.1 Å². The van der Waals surface area contributed by atoms with Crippen LogP contribution in [0.2, 0.25) is 10.0 Å². The molecule has 0 spiro atoms. The Bertz CT molecular complexity index is 474. The first-order valence-electron chi connectivity index (χ1n) is 7.74. The number of nitrogens with one attached hydrogen (secondary N) is 1. The summed E-state index contributed by atoms with van der Waals surface area (Å²) in [7, 11) is 0. The summed E-state index contributed by atoms with van der Waals surface area (Å²) in [6.45, 7) is 11.3. The lowest BCUT2D eigenvalue weighted by molar-refractivity contribution is 0.0942. The minimum atomic E-state index is 0.224. The quantitative estimate of drug-likeness (QED) is 0.848. The van der Waals surface area contributed by atoms with Crippen molar-refractivity contribution in [1.29, 1.82) is 0 Å². The molecule has 4 heteroatoms. The summed E-state index contributed by atoms with van der Waals surface area (Å²) < 4.78 is 0. The third kappa shape index (κ3) is 4.35. The highest BCUT2D eigenvalue weighted by Gasteiger charge is 2.27. The second-order valence-electron chi connectivity index (χ2n) is 6.96. The Morgan fingerprint density at radius 1 is 1.19 bits per heavy atom. The zero-order chi connectivity index (χ0) is 15.6. The minimum Gasteiger partial charge on any atom is -0.307 e. The van der Waals surface area contributed by atoms with Crippen molar-refractivity contribution >= 4 is 23.2 Å². The zero-order valence-electron chi connectivity index (χ0n) is 13.4. The second-order valence-corrected chi connectivity index (χ2v) is 7.75. The number of hydrogen-bond donors (Lipinski definition) is 1. The maximum Gasteiger partial charge on any atom is 0.0639 e. The van der Waals surface area contributed by atoms with Crippen LogP contribution in [0.3, 0.4) is 0 Å². The van der Waals surface area contributed by atoms with Gasteiger partial charge in [-0.1, -0.05) is 35.3 Å². The molecule has 1 unspecified atom stereocenters. The first-order chi connectivity index (χ1) is 9.79. The molecule has 1 fully saturated rings. The number of likely N-dealkylation sites (tertiary alicyclic amines) is 1. The zero-order valence-corrected chi connectivity index (χ0v) is 14.9. The summed E-state index contributed by atoms with van der Waals surface area (Å²) in [6, 6.07) is 6.62. The van der Waals surface area contributed by atoms with Gasteiger partial charge in [0.25, 0.3) is 0 Å². The molecule has 1 aliphatic heterocycles. The first kappa shape index (κ1) is 17.1. The average molecular weight is 329 g/mol. The van der Waals surface area contributed by atoms with Crippen molar-refractivity contribution in [3.63, 3.8) is 0 Å². The molecular weight excluding hydrogens is 303 g/mol. The molecule has 0 aromatic heterocycles. The Labute approximate surface area is 138 Å². The number of piperidine rings is 1. The van der Waals surface area contributed by atoms with Gasteiger partial charge in [0.05, 0.1) is 10.0 Å². The van der Waals surface area contributed by atoms with E-state index in [9.17, 15) is 0 Å². The standard InChI is InChI=1S/C17H26Cl2N2/c1-12(14-6-5-7-15(18)16(14)19)20-13-8-10-21(11-9-13)17(2,3)4/h5-7,12-13,20H,8-11H2,1-4H3. The Hall–Kier alpha value is -0.280. The topological polar surface area (TPSA) is 15.3 Å². The molecule has 118 valence electrons. The molecular formula is C17H26Cl2N2. The molecule has 2 nitrogen and oxygen atoms in total. The Balaban J connectivity index is 1.93. The number of halogens is 2. The van der Waals surface area contributed by atoms with Crippen LogP contribution in [-0.2, 0) is 0 Å². The SMILES string of the molecule is CC(NC1CCN(C(C)(C)C)CC1)c1cccc(Cl)c1Cl. The van der Waals surface area contributed by atoms with Gasteiger partial charge in [0.2, 0.25) is 0 Å². The van der Waals surface area contributed by atoms with Crippen molar-refractivity contribution in [3.8, 4) is 0 Å². The van der Waals surface area contributed by atoms with Gasteiger partial charge in [0.1, 0.15) is 0 Å². The molecule has 0 bridgehead atoms. The van der Waals surface area contributed by atoms with Crippen molar-refractivity contribution in [2.75, 3.05) is 13.1 Å². The molecule has 0 aliphatic carbocycles. The van der Waals surface area contributed by atoms with Crippen LogP contribution < -0.4 is 5.32 Å². The minimum absolute atomic E-state index is 0.224. The Morgan fingerprint density at radius 2 is 1.81 bits per heavy atom. The van der Waals surface area contributed by atoms with Gasteiger partial charge in [-0.05, 0) is 52.2 Å². The molecule has 1 heterocycles. The molecule has 21 heavy (non-hydrogen) atoms. The predicted octanol–water partition coefficient (Wildman–Crippen LogP) is 4.91. The van der Waals surface area contributed by atoms with Crippen LogP contribution in [0, 0.1) is 0 Å². The molecule has 1 N–H and O–H groups in total. The van der Waals surface area contributed by atoms with Crippen LogP contribution in [0.1, 0.15) is 52.1 Å². The lowest BCUT2D eigenvalue weighted by Gasteiger charge is -2.41. The summed E-state index contributed by atoms with van der Waals surface area (Å²) in [6.07, 6.45) is 2.36. The molecule has 1 atom stereocenters. The van der Waals surface area contributed by atoms with E-state index in [1.54, 1.807) is 0 Å². The van der Waals surface area contributed by atoms with E-state index < -0.39 is 0 Å². The number of hydrogen-bond acceptors (Lipinski definition) is 2. The lowest BCUT2D eigenvalue weighted by atomic mass is 9.97. The monoisotopic (exact) mass is 328 g/mol. The largest absolute Gasteiger partial charge is 0.307 e. The van der Waals surface area contributed by atoms with Crippen molar-refractivity contribution < 1.29 is 0 Å². The molecule has 1 aromatic rings. The van der Waals surface area contributed by atoms with E-state index in [0.29, 0.717) is 16.1 Å². The van der Waals surface area contributed by atoms with E-state index >= 15 is 0 Å². The van der Waals surface area contributed by atoms with Crippen LogP contribution in [0.4, 0.5) is 0 Å². The van der Waals surface area contributed by atoms with Gasteiger partial charge in [0, 0.05) is 30.7 Å². The molecule has 1 aromatic carbocycles. The van der Waals surface area contributed by atoms with E-state index in [2.05, 4.69) is 44.0 Å². The smallest absolute Gasteiger partial charge is 0.0639 e. The van der Waals surface area contributed by atoms with Gasteiger partial charge >= 0.3 is 0 Å². The maximum absolute atomic E-state index is 6.31. The highest BCUT2D eigenvalue weighted by Crippen LogP contribution is 2.30. The molecule has 1 saturated heterocycles. The number of rotatable bonds is 3. The van der Waals surface area contributed by atoms with Crippen LogP contribution in [-0.4, -0.2) is 29.6 Å². The van der Waals surface area contributed by atoms with Gasteiger partial charge < -0.3 is 5.32 Å². The summed E-state index contributed by atoms with van der Waals surface area (Å²) in [5, 5.41) is 5.01. The van der Waals surface area contributed by atoms with Gasteiger partial charge in [-0.15, -0.1) is 0 Å². The van der Waals surface area contributed by atoms with Crippen LogP contribution in [0.25, 0.3) is 0 Å². The van der Waals surface area contributed by atoms with E-state index in [-0.39, 0.29) is 11.6 Å². The Kier molecular flexibility index (Phi) is 5.59. The number of nitrogens with zero attached hydrogens (tertiary/aromatic N) is 1. The summed E-state index contributed by atoms with van der Waals surface area (Å²) in [4.78, 5) is 2.56. The fourth-order valence-corrected chi connectivity index (χ4v) is 3.49. The van der Waals surface area contributed by atoms with E-state index in [0.717, 1.165) is 18.7 Å². The average Bonchev–Trinajstić information content (AvgIpc) is 2.41. The second kappa shape index (κ2) is 6.87. The molecule has 2 rings (SSSR count). The van der Waals surface area contributed by atoms with Gasteiger partial charge in [-0.25, -0.2) is 0 Å². The van der Waals surface area contributed by atoms with Crippen molar-refractivity contribution in [3.05, 3.63) is 33.8 Å². The summed E-state index contributed by atoms with van der Waals surface area (Å²) in [5.74, 6) is 0. The van der Waals surface area contributed by atoms with Crippen LogP contribution in [0.15, 0.2) is 18.2 Å². The summed E-state index contributed by atoms with van der Waals surface area (Å²) in [5.41, 5.74) is 1.36. The fourth-order valence-electron chi connectivity index (χ4n) is 3.02. The van der Waals surface area contributed by atoms with Gasteiger partial charge in [-0.3, -0.25) is 4.90 Å². The third-order valence-electron chi connectivity index (χ3n) is 4.38. The van der Waals surface area contributed by atoms with E-state index in [1.165, 1.54) is 12.8 Å². The van der Waals surface area contributed by atoms with Crippen LogP contribution in [0.5, 0.6) is 0 Å². The molecule has 0 amide bonds. The highest BCUT2D eigenvalue weighted by atomic mass is 35.5. The predicted molar refractivity (Wildman–Crippen MR) is 92.4 cm³/mol. The lowest BCUT2D eigenvalue weighted by Crippen LogP contribution is -2.50.